The van der Waals surface area contributed by atoms with Crippen LogP contribution >= 0.6 is 11.6 Å². The molecule has 1 aromatic carbocycles. The first-order chi connectivity index (χ1) is 12.4. The first-order valence-corrected chi connectivity index (χ1v) is 9.39. The van der Waals surface area contributed by atoms with Crippen molar-refractivity contribution >= 4 is 22.6 Å². The van der Waals surface area contributed by atoms with Crippen molar-refractivity contribution in [3.05, 3.63) is 75.7 Å². The summed E-state index contributed by atoms with van der Waals surface area (Å²) in [6, 6.07) is 7.04. The van der Waals surface area contributed by atoms with Gasteiger partial charge in [0.25, 0.3) is 0 Å². The predicted octanol–water partition coefficient (Wildman–Crippen LogP) is 5.52. The molecule has 0 spiro atoms. The molecule has 0 saturated carbocycles. The van der Waals surface area contributed by atoms with Gasteiger partial charge in [-0.15, -0.1) is 11.6 Å². The van der Waals surface area contributed by atoms with E-state index in [-0.39, 0.29) is 17.4 Å². The van der Waals surface area contributed by atoms with Crippen molar-refractivity contribution in [3.8, 4) is 5.75 Å². The lowest BCUT2D eigenvalue weighted by Crippen LogP contribution is -2.15. The summed E-state index contributed by atoms with van der Waals surface area (Å²) < 4.78 is 11.6. The Morgan fingerprint density at radius 1 is 1.23 bits per heavy atom. The highest BCUT2D eigenvalue weighted by Gasteiger charge is 2.27. The van der Waals surface area contributed by atoms with Crippen LogP contribution in [0.4, 0.5) is 0 Å². The molecule has 4 rings (SSSR count). The predicted molar refractivity (Wildman–Crippen MR) is 105 cm³/mol. The summed E-state index contributed by atoms with van der Waals surface area (Å²) in [6.45, 7) is 4.38. The number of fused-ring (bicyclic) bond motifs is 1. The Kier molecular flexibility index (Phi) is 4.28. The molecule has 1 heterocycles. The van der Waals surface area contributed by atoms with E-state index in [1.54, 1.807) is 6.07 Å². The zero-order chi connectivity index (χ0) is 18.3. The van der Waals surface area contributed by atoms with Gasteiger partial charge in [-0.3, -0.25) is 0 Å². The minimum absolute atomic E-state index is 0.0141. The Balaban J connectivity index is 1.65. The van der Waals surface area contributed by atoms with Crippen molar-refractivity contribution in [1.29, 1.82) is 0 Å². The van der Waals surface area contributed by atoms with Crippen LogP contribution in [0.15, 0.2) is 68.9 Å². The van der Waals surface area contributed by atoms with E-state index in [0.717, 1.165) is 23.8 Å². The van der Waals surface area contributed by atoms with Crippen molar-refractivity contribution < 1.29 is 9.15 Å². The summed E-state index contributed by atoms with van der Waals surface area (Å²) in [5.74, 6) is 0.973. The van der Waals surface area contributed by atoms with Gasteiger partial charge in [0.2, 0.25) is 0 Å². The SMILES string of the molecule is CC1(C)C=CC2=C(C=C1)C(Oc1ccc3c(CCl)cc(=O)oc3c1)CC2. The molecule has 0 saturated heterocycles. The maximum atomic E-state index is 11.7. The van der Waals surface area contributed by atoms with E-state index in [4.69, 9.17) is 20.8 Å². The van der Waals surface area contributed by atoms with Gasteiger partial charge in [0.1, 0.15) is 17.4 Å². The highest BCUT2D eigenvalue weighted by molar-refractivity contribution is 6.17. The summed E-state index contributed by atoms with van der Waals surface area (Å²) in [4.78, 5) is 11.7. The summed E-state index contributed by atoms with van der Waals surface area (Å²) >= 11 is 5.94. The van der Waals surface area contributed by atoms with Gasteiger partial charge in [-0.25, -0.2) is 4.79 Å². The second kappa shape index (κ2) is 6.48. The number of hydrogen-bond donors (Lipinski definition) is 0. The fraction of sp³-hybridized carbons (Fsp3) is 0.318. The Bertz CT molecular complexity index is 1010. The van der Waals surface area contributed by atoms with Crippen molar-refractivity contribution in [1.82, 2.24) is 0 Å². The smallest absolute Gasteiger partial charge is 0.336 e. The van der Waals surface area contributed by atoms with Gasteiger partial charge < -0.3 is 9.15 Å². The molecule has 0 aliphatic heterocycles. The zero-order valence-electron chi connectivity index (χ0n) is 14.9. The van der Waals surface area contributed by atoms with Gasteiger partial charge in [0.05, 0.1) is 0 Å². The van der Waals surface area contributed by atoms with E-state index in [2.05, 4.69) is 38.2 Å². The van der Waals surface area contributed by atoms with Gasteiger partial charge in [0, 0.05) is 28.8 Å². The maximum absolute atomic E-state index is 11.7. The van der Waals surface area contributed by atoms with E-state index in [0.29, 0.717) is 11.3 Å². The van der Waals surface area contributed by atoms with Crippen LogP contribution < -0.4 is 10.4 Å². The minimum atomic E-state index is -0.393. The van der Waals surface area contributed by atoms with Crippen LogP contribution in [-0.2, 0) is 5.88 Å². The monoisotopic (exact) mass is 368 g/mol. The summed E-state index contributed by atoms with van der Waals surface area (Å²) in [5.41, 5.74) is 3.52. The fourth-order valence-electron chi connectivity index (χ4n) is 3.54. The Labute approximate surface area is 157 Å². The number of ether oxygens (including phenoxy) is 1. The first-order valence-electron chi connectivity index (χ1n) is 8.86. The molecule has 2 aliphatic carbocycles. The number of halogens is 1. The maximum Gasteiger partial charge on any atom is 0.336 e. The molecule has 0 N–H and O–H groups in total. The molecule has 2 aromatic rings. The van der Waals surface area contributed by atoms with Gasteiger partial charge >= 0.3 is 5.63 Å². The van der Waals surface area contributed by atoms with Crippen LogP contribution in [0.5, 0.6) is 5.75 Å². The van der Waals surface area contributed by atoms with Gasteiger partial charge in [-0.05, 0) is 41.7 Å². The normalized spacial score (nSPS) is 21.1. The van der Waals surface area contributed by atoms with Gasteiger partial charge in [0.15, 0.2) is 0 Å². The molecule has 1 unspecified atom stereocenters. The number of benzene rings is 1. The average Bonchev–Trinajstić information content (AvgIpc) is 2.91. The van der Waals surface area contributed by atoms with Crippen LogP contribution in [-0.4, -0.2) is 6.10 Å². The fourth-order valence-corrected chi connectivity index (χ4v) is 3.76. The molecule has 3 nitrogen and oxygen atoms in total. The molecule has 0 radical (unpaired) electrons. The van der Waals surface area contributed by atoms with Crippen LogP contribution in [0.2, 0.25) is 0 Å². The molecular formula is C22H21ClO3. The van der Waals surface area contributed by atoms with Crippen molar-refractivity contribution in [3.63, 3.8) is 0 Å². The highest BCUT2D eigenvalue weighted by Crippen LogP contribution is 2.36. The summed E-state index contributed by atoms with van der Waals surface area (Å²) in [6.07, 6.45) is 10.9. The Morgan fingerprint density at radius 2 is 2.04 bits per heavy atom. The molecule has 1 atom stereocenters. The molecule has 2 aliphatic rings. The van der Waals surface area contributed by atoms with Crippen LogP contribution in [0.1, 0.15) is 32.3 Å². The van der Waals surface area contributed by atoms with Gasteiger partial charge in [-0.1, -0.05) is 38.2 Å². The lowest BCUT2D eigenvalue weighted by atomic mass is 9.92. The number of rotatable bonds is 3. The lowest BCUT2D eigenvalue weighted by molar-refractivity contribution is 0.241. The van der Waals surface area contributed by atoms with Crippen molar-refractivity contribution in [2.45, 2.75) is 38.7 Å². The van der Waals surface area contributed by atoms with E-state index in [9.17, 15) is 4.79 Å². The number of allylic oxidation sites excluding steroid dienone is 4. The molecule has 0 fully saturated rings. The largest absolute Gasteiger partial charge is 0.486 e. The first kappa shape index (κ1) is 17.2. The van der Waals surface area contributed by atoms with Crippen molar-refractivity contribution in [2.24, 2.45) is 5.41 Å². The third-order valence-electron chi connectivity index (χ3n) is 5.02. The van der Waals surface area contributed by atoms with E-state index in [1.807, 2.05) is 12.1 Å². The number of hydrogen-bond acceptors (Lipinski definition) is 3. The molecule has 134 valence electrons. The second-order valence-corrected chi connectivity index (χ2v) is 7.76. The van der Waals surface area contributed by atoms with Gasteiger partial charge in [-0.2, -0.15) is 0 Å². The van der Waals surface area contributed by atoms with E-state index < -0.39 is 5.63 Å². The number of alkyl halides is 1. The van der Waals surface area contributed by atoms with Crippen LogP contribution in [0.25, 0.3) is 11.0 Å². The average molecular weight is 369 g/mol. The molecular weight excluding hydrogens is 348 g/mol. The highest BCUT2D eigenvalue weighted by atomic mass is 35.5. The summed E-state index contributed by atoms with van der Waals surface area (Å²) in [5, 5.41) is 0.845. The molecule has 4 heteroatoms. The van der Waals surface area contributed by atoms with Crippen LogP contribution in [0, 0.1) is 5.41 Å². The Hall–Kier alpha value is -2.26. The molecule has 1 aromatic heterocycles. The van der Waals surface area contributed by atoms with Crippen molar-refractivity contribution in [2.75, 3.05) is 0 Å². The van der Waals surface area contributed by atoms with E-state index >= 15 is 0 Å². The second-order valence-electron chi connectivity index (χ2n) is 7.50. The van der Waals surface area contributed by atoms with E-state index in [1.165, 1.54) is 17.2 Å². The standard InChI is InChI=1S/C22H21ClO3/c1-22(2)9-7-14-3-6-19(18(14)8-10-22)25-16-4-5-17-15(13-23)11-21(24)26-20(17)12-16/h4-5,7-12,19H,3,6,13H2,1-2H3. The molecule has 0 bridgehead atoms. The topological polar surface area (TPSA) is 39.4 Å². The zero-order valence-corrected chi connectivity index (χ0v) is 15.7. The lowest BCUT2D eigenvalue weighted by Gasteiger charge is -2.17. The summed E-state index contributed by atoms with van der Waals surface area (Å²) in [7, 11) is 0. The third kappa shape index (κ3) is 3.24. The van der Waals surface area contributed by atoms with Crippen LogP contribution in [0.3, 0.4) is 0 Å². The minimum Gasteiger partial charge on any atom is -0.486 e. The Morgan fingerprint density at radius 3 is 2.85 bits per heavy atom. The molecule has 26 heavy (non-hydrogen) atoms. The molecule has 0 amide bonds. The third-order valence-corrected chi connectivity index (χ3v) is 5.31. The quantitative estimate of drug-likeness (QED) is 0.528.